The van der Waals surface area contributed by atoms with Crippen LogP contribution in [0.15, 0.2) is 23.3 Å². The Morgan fingerprint density at radius 3 is 2.46 bits per heavy atom. The minimum absolute atomic E-state index is 0.0307. The van der Waals surface area contributed by atoms with Gasteiger partial charge < -0.3 is 24.8 Å². The predicted molar refractivity (Wildman–Crippen MR) is 130 cm³/mol. The third-order valence-electron chi connectivity index (χ3n) is 10.5. The van der Waals surface area contributed by atoms with Crippen LogP contribution in [0.5, 0.6) is 0 Å². The van der Waals surface area contributed by atoms with E-state index < -0.39 is 40.8 Å². The Labute approximate surface area is 208 Å². The fourth-order valence-corrected chi connectivity index (χ4v) is 8.13. The zero-order chi connectivity index (χ0) is 26.0. The van der Waals surface area contributed by atoms with Gasteiger partial charge in [-0.25, -0.2) is 4.79 Å². The maximum atomic E-state index is 13.0. The van der Waals surface area contributed by atoms with Gasteiger partial charge in [-0.1, -0.05) is 31.6 Å². The molecule has 9 atom stereocenters. The zero-order valence-electron chi connectivity index (χ0n) is 22.0. The number of aliphatic hydroxyl groups is 3. The van der Waals surface area contributed by atoms with Gasteiger partial charge in [0.1, 0.15) is 17.8 Å². The lowest BCUT2D eigenvalue weighted by atomic mass is 9.44. The Morgan fingerprint density at radius 2 is 1.83 bits per heavy atom. The lowest BCUT2D eigenvalue weighted by molar-refractivity contribution is -0.279. The molecule has 0 aromatic carbocycles. The topological polar surface area (TPSA) is 113 Å². The first-order chi connectivity index (χ1) is 16.2. The molecule has 0 aromatic heterocycles. The highest BCUT2D eigenvalue weighted by atomic mass is 16.6. The van der Waals surface area contributed by atoms with Crippen molar-refractivity contribution in [2.45, 2.75) is 116 Å². The molecule has 4 aliphatic rings. The molecule has 0 radical (unpaired) electrons. The van der Waals surface area contributed by atoms with Crippen molar-refractivity contribution in [3.8, 4) is 0 Å². The van der Waals surface area contributed by atoms with Gasteiger partial charge in [-0.05, 0) is 83.0 Å². The summed E-state index contributed by atoms with van der Waals surface area (Å²) >= 11 is 0. The van der Waals surface area contributed by atoms with E-state index >= 15 is 0 Å². The molecule has 0 saturated heterocycles. The van der Waals surface area contributed by atoms with Crippen LogP contribution in [0.2, 0.25) is 0 Å². The minimum Gasteiger partial charge on any atom is -0.460 e. The molecule has 3 saturated carbocycles. The zero-order valence-corrected chi connectivity index (χ0v) is 22.0. The predicted octanol–water partition coefficient (Wildman–Crippen LogP) is 3.60. The van der Waals surface area contributed by atoms with E-state index in [0.717, 1.165) is 6.42 Å². The summed E-state index contributed by atoms with van der Waals surface area (Å²) in [7, 11) is 0. The minimum atomic E-state index is -1.57. The quantitative estimate of drug-likeness (QED) is 0.313. The monoisotopic (exact) mass is 490 g/mol. The summed E-state index contributed by atoms with van der Waals surface area (Å²) in [6, 6.07) is 0. The summed E-state index contributed by atoms with van der Waals surface area (Å²) in [6.07, 6.45) is 5.69. The van der Waals surface area contributed by atoms with Gasteiger partial charge in [0.25, 0.3) is 0 Å². The van der Waals surface area contributed by atoms with E-state index in [-0.39, 0.29) is 29.8 Å². The number of rotatable bonds is 4. The standard InChI is InChI=1S/C28H42O7/c1-7-16(2)24(31)35-23-15-22-21(9-8-19-14-20(30)10-11-25(19,22)5)28(33)13-12-27(32,26(23,28)6)17(3)34-18(4)29/h7-8,17,20-23,30,32-33H,9-15H2,1-6H3/b16-7+/t17-,20-,21+,22+,23+,25-,26+,27+,28-/m0/s1. The second-order valence-corrected chi connectivity index (χ2v) is 11.9. The molecule has 0 aliphatic heterocycles. The molecule has 0 amide bonds. The third kappa shape index (κ3) is 3.64. The molecule has 35 heavy (non-hydrogen) atoms. The third-order valence-corrected chi connectivity index (χ3v) is 10.5. The second kappa shape index (κ2) is 8.70. The van der Waals surface area contributed by atoms with Crippen LogP contribution in [0.25, 0.3) is 0 Å². The van der Waals surface area contributed by atoms with Crippen LogP contribution in [0.1, 0.15) is 86.5 Å². The molecule has 196 valence electrons. The first-order valence-corrected chi connectivity index (χ1v) is 13.1. The highest BCUT2D eigenvalue weighted by Crippen LogP contribution is 2.70. The van der Waals surface area contributed by atoms with Crippen molar-refractivity contribution in [2.75, 3.05) is 0 Å². The van der Waals surface area contributed by atoms with Crippen LogP contribution in [0, 0.1) is 22.7 Å². The molecule has 0 heterocycles. The van der Waals surface area contributed by atoms with Crippen molar-refractivity contribution in [3.05, 3.63) is 23.3 Å². The number of aliphatic hydroxyl groups excluding tert-OH is 1. The summed E-state index contributed by atoms with van der Waals surface area (Å²) in [5, 5.41) is 35.0. The molecule has 3 fully saturated rings. The van der Waals surface area contributed by atoms with Crippen LogP contribution in [-0.2, 0) is 19.1 Å². The normalized spacial score (nSPS) is 46.0. The molecular formula is C28H42O7. The van der Waals surface area contributed by atoms with E-state index in [0.29, 0.717) is 37.7 Å². The van der Waals surface area contributed by atoms with Gasteiger partial charge in [-0.2, -0.15) is 0 Å². The van der Waals surface area contributed by atoms with Gasteiger partial charge in [0.05, 0.1) is 17.1 Å². The lowest BCUT2D eigenvalue weighted by Gasteiger charge is -2.64. The van der Waals surface area contributed by atoms with Gasteiger partial charge in [0.2, 0.25) is 0 Å². The van der Waals surface area contributed by atoms with Crippen LogP contribution >= 0.6 is 0 Å². The largest absolute Gasteiger partial charge is 0.460 e. The average Bonchev–Trinajstić information content (AvgIpc) is 3.02. The van der Waals surface area contributed by atoms with Crippen molar-refractivity contribution in [1.29, 1.82) is 0 Å². The van der Waals surface area contributed by atoms with E-state index in [1.807, 2.05) is 6.92 Å². The number of esters is 2. The molecule has 3 N–H and O–H groups in total. The van der Waals surface area contributed by atoms with Gasteiger partial charge in [0.15, 0.2) is 0 Å². The second-order valence-electron chi connectivity index (χ2n) is 11.9. The smallest absolute Gasteiger partial charge is 0.333 e. The number of hydrogen-bond acceptors (Lipinski definition) is 7. The fourth-order valence-electron chi connectivity index (χ4n) is 8.13. The summed E-state index contributed by atoms with van der Waals surface area (Å²) in [5.74, 6) is -1.09. The van der Waals surface area contributed by atoms with Crippen LogP contribution in [0.4, 0.5) is 0 Å². The molecule has 4 rings (SSSR count). The summed E-state index contributed by atoms with van der Waals surface area (Å²) in [5.41, 5.74) is -2.67. The van der Waals surface area contributed by atoms with Gasteiger partial charge in [0, 0.05) is 12.5 Å². The van der Waals surface area contributed by atoms with E-state index in [2.05, 4.69) is 13.0 Å². The Balaban J connectivity index is 1.83. The highest BCUT2D eigenvalue weighted by molar-refractivity contribution is 5.87. The van der Waals surface area contributed by atoms with Crippen molar-refractivity contribution >= 4 is 11.9 Å². The molecule has 7 nitrogen and oxygen atoms in total. The van der Waals surface area contributed by atoms with E-state index in [1.54, 1.807) is 26.8 Å². The van der Waals surface area contributed by atoms with Gasteiger partial charge >= 0.3 is 11.9 Å². The Morgan fingerprint density at radius 1 is 1.14 bits per heavy atom. The SMILES string of the molecule is C/C=C(\C)C(=O)O[C@@H]1C[C@@H]2[C@@H](CC=C3C[C@@H](O)CC[C@@]32C)[C@@]2(O)CC[C@@](O)([C@H](C)OC(C)=O)[C@@]12C. The van der Waals surface area contributed by atoms with E-state index in [4.69, 9.17) is 9.47 Å². The molecule has 0 unspecified atom stereocenters. The summed E-state index contributed by atoms with van der Waals surface area (Å²) < 4.78 is 11.6. The Hall–Kier alpha value is -1.70. The van der Waals surface area contributed by atoms with Crippen molar-refractivity contribution in [3.63, 3.8) is 0 Å². The molecule has 0 aromatic rings. The maximum absolute atomic E-state index is 13.0. The number of ether oxygens (including phenoxy) is 2. The number of carbonyl (C=O) groups excluding carboxylic acids is 2. The number of hydrogen-bond donors (Lipinski definition) is 3. The molecule has 0 bridgehead atoms. The lowest BCUT2D eigenvalue weighted by Crippen LogP contribution is -2.72. The van der Waals surface area contributed by atoms with Crippen molar-refractivity contribution < 1.29 is 34.4 Å². The maximum Gasteiger partial charge on any atom is 0.333 e. The molecule has 7 heteroatoms. The average molecular weight is 491 g/mol. The van der Waals surface area contributed by atoms with Crippen molar-refractivity contribution in [2.24, 2.45) is 22.7 Å². The van der Waals surface area contributed by atoms with Crippen LogP contribution in [-0.4, -0.2) is 56.8 Å². The number of allylic oxidation sites excluding steroid dienone is 2. The Kier molecular flexibility index (Phi) is 6.56. The van der Waals surface area contributed by atoms with Crippen LogP contribution < -0.4 is 0 Å². The summed E-state index contributed by atoms with van der Waals surface area (Å²) in [6.45, 7) is 10.4. The molecular weight excluding hydrogens is 448 g/mol. The Bertz CT molecular complexity index is 955. The van der Waals surface area contributed by atoms with E-state index in [1.165, 1.54) is 12.5 Å². The van der Waals surface area contributed by atoms with Crippen molar-refractivity contribution in [1.82, 2.24) is 0 Å². The number of carbonyl (C=O) groups is 2. The highest BCUT2D eigenvalue weighted by Gasteiger charge is 2.77. The van der Waals surface area contributed by atoms with Gasteiger partial charge in [-0.3, -0.25) is 4.79 Å². The first kappa shape index (κ1) is 26.4. The molecule has 4 aliphatic carbocycles. The van der Waals surface area contributed by atoms with E-state index in [9.17, 15) is 24.9 Å². The molecule has 0 spiro atoms. The number of fused-ring (bicyclic) bond motifs is 5. The summed E-state index contributed by atoms with van der Waals surface area (Å²) in [4.78, 5) is 24.8. The fraction of sp³-hybridized carbons (Fsp3) is 0.786. The van der Waals surface area contributed by atoms with Gasteiger partial charge in [-0.15, -0.1) is 0 Å². The van der Waals surface area contributed by atoms with Crippen LogP contribution in [0.3, 0.4) is 0 Å². The first-order valence-electron chi connectivity index (χ1n) is 13.1.